The molecule has 0 spiro atoms. The Balaban J connectivity index is 2.48. The molecule has 0 unspecified atom stereocenters. The van der Waals surface area contributed by atoms with Crippen molar-refractivity contribution in [1.82, 2.24) is 0 Å². The highest BCUT2D eigenvalue weighted by molar-refractivity contribution is 6.12. The van der Waals surface area contributed by atoms with Gasteiger partial charge in [-0.2, -0.15) is 0 Å². The monoisotopic (exact) mass is 290 g/mol. The third-order valence-electron chi connectivity index (χ3n) is 3.03. The van der Waals surface area contributed by atoms with Crippen molar-refractivity contribution < 1.29 is 29.6 Å². The highest BCUT2D eigenvalue weighted by Gasteiger charge is 2.21. The number of aromatic hydroxyl groups is 3. The smallest absolute Gasteiger partial charge is 0.201 e. The van der Waals surface area contributed by atoms with Gasteiger partial charge in [0.1, 0.15) is 11.5 Å². The summed E-state index contributed by atoms with van der Waals surface area (Å²) in [5, 5.41) is 29.4. The lowest BCUT2D eigenvalue weighted by Gasteiger charge is -2.10. The Hall–Kier alpha value is -2.89. The van der Waals surface area contributed by atoms with Gasteiger partial charge in [-0.05, 0) is 24.3 Å². The molecule has 0 fully saturated rings. The normalized spacial score (nSPS) is 10.2. The van der Waals surface area contributed by atoms with E-state index in [1.807, 2.05) is 0 Å². The van der Waals surface area contributed by atoms with Gasteiger partial charge in [0.15, 0.2) is 11.5 Å². The van der Waals surface area contributed by atoms with Crippen LogP contribution in [0.5, 0.6) is 28.7 Å². The predicted octanol–water partition coefficient (Wildman–Crippen LogP) is 2.05. The van der Waals surface area contributed by atoms with Gasteiger partial charge in [0.2, 0.25) is 11.5 Å². The minimum absolute atomic E-state index is 0.0179. The Labute approximate surface area is 120 Å². The van der Waals surface area contributed by atoms with Gasteiger partial charge in [0.05, 0.1) is 25.3 Å². The van der Waals surface area contributed by atoms with Gasteiger partial charge < -0.3 is 24.8 Å². The van der Waals surface area contributed by atoms with Gasteiger partial charge in [-0.3, -0.25) is 4.79 Å². The van der Waals surface area contributed by atoms with Gasteiger partial charge in [0.25, 0.3) is 0 Å². The molecule has 0 bridgehead atoms. The summed E-state index contributed by atoms with van der Waals surface area (Å²) in [7, 11) is 2.76. The molecule has 110 valence electrons. The molecule has 0 aliphatic carbocycles. The van der Waals surface area contributed by atoms with Gasteiger partial charge in [-0.1, -0.05) is 0 Å². The Kier molecular flexibility index (Phi) is 3.89. The third kappa shape index (κ3) is 2.55. The lowest BCUT2D eigenvalue weighted by atomic mass is 10.0. The van der Waals surface area contributed by atoms with E-state index in [1.54, 1.807) is 0 Å². The molecule has 2 aromatic rings. The molecule has 0 aliphatic rings. The van der Waals surface area contributed by atoms with Crippen LogP contribution in [0, 0.1) is 0 Å². The molecule has 6 heteroatoms. The van der Waals surface area contributed by atoms with Gasteiger partial charge in [-0.25, -0.2) is 0 Å². The third-order valence-corrected chi connectivity index (χ3v) is 3.03. The van der Waals surface area contributed by atoms with Crippen molar-refractivity contribution in [1.29, 1.82) is 0 Å². The standard InChI is InChI=1S/C15H14O6/c1-20-8-3-4-9(11(16)7-8)13(17)10-5-6-12(21-2)15(19)14(10)18/h3-7,16,18-19H,1-2H3. The highest BCUT2D eigenvalue weighted by atomic mass is 16.5. The molecule has 0 aromatic heterocycles. The van der Waals surface area contributed by atoms with E-state index < -0.39 is 17.3 Å². The second-order valence-electron chi connectivity index (χ2n) is 4.22. The van der Waals surface area contributed by atoms with Crippen LogP contribution in [0.4, 0.5) is 0 Å². The van der Waals surface area contributed by atoms with Crippen molar-refractivity contribution in [2.45, 2.75) is 0 Å². The first-order valence-electron chi connectivity index (χ1n) is 6.00. The first-order chi connectivity index (χ1) is 9.99. The van der Waals surface area contributed by atoms with E-state index in [-0.39, 0.29) is 22.6 Å². The molecule has 2 aromatic carbocycles. The van der Waals surface area contributed by atoms with Crippen molar-refractivity contribution in [2.24, 2.45) is 0 Å². The fourth-order valence-corrected chi connectivity index (χ4v) is 1.88. The molecule has 3 N–H and O–H groups in total. The summed E-state index contributed by atoms with van der Waals surface area (Å²) < 4.78 is 9.76. The summed E-state index contributed by atoms with van der Waals surface area (Å²) in [6.07, 6.45) is 0. The fourth-order valence-electron chi connectivity index (χ4n) is 1.88. The molecule has 0 saturated heterocycles. The van der Waals surface area contributed by atoms with Crippen LogP contribution in [0.25, 0.3) is 0 Å². The number of ketones is 1. The molecule has 2 rings (SSSR count). The number of ether oxygens (including phenoxy) is 2. The highest BCUT2D eigenvalue weighted by Crippen LogP contribution is 2.39. The van der Waals surface area contributed by atoms with Crippen LogP contribution in [0.1, 0.15) is 15.9 Å². The topological polar surface area (TPSA) is 96.2 Å². The zero-order chi connectivity index (χ0) is 15.6. The number of phenols is 3. The van der Waals surface area contributed by atoms with Crippen molar-refractivity contribution in [3.05, 3.63) is 41.5 Å². The van der Waals surface area contributed by atoms with E-state index in [9.17, 15) is 20.1 Å². The quantitative estimate of drug-likeness (QED) is 0.589. The summed E-state index contributed by atoms with van der Waals surface area (Å²) in [5.74, 6) is -1.61. The van der Waals surface area contributed by atoms with Crippen LogP contribution in [0.3, 0.4) is 0 Å². The molecule has 0 amide bonds. The second kappa shape index (κ2) is 5.62. The SMILES string of the molecule is COc1ccc(C(=O)c2ccc(OC)c(O)c2O)c(O)c1. The van der Waals surface area contributed by atoms with Crippen molar-refractivity contribution in [3.8, 4) is 28.7 Å². The van der Waals surface area contributed by atoms with E-state index in [1.165, 1.54) is 44.6 Å². The maximum absolute atomic E-state index is 12.3. The Morgan fingerprint density at radius 1 is 0.905 bits per heavy atom. The van der Waals surface area contributed by atoms with Crippen LogP contribution < -0.4 is 9.47 Å². The van der Waals surface area contributed by atoms with Crippen LogP contribution in [-0.4, -0.2) is 35.3 Å². The lowest BCUT2D eigenvalue weighted by Crippen LogP contribution is -2.03. The Bertz CT molecular complexity index is 693. The minimum atomic E-state index is -0.634. The molecule has 6 nitrogen and oxygen atoms in total. The van der Waals surface area contributed by atoms with Gasteiger partial charge >= 0.3 is 0 Å². The molecule has 0 radical (unpaired) electrons. The van der Waals surface area contributed by atoms with E-state index in [2.05, 4.69) is 0 Å². The molecular weight excluding hydrogens is 276 g/mol. The number of rotatable bonds is 4. The number of benzene rings is 2. The number of hydrogen-bond acceptors (Lipinski definition) is 6. The van der Waals surface area contributed by atoms with Crippen LogP contribution in [0.15, 0.2) is 30.3 Å². The van der Waals surface area contributed by atoms with E-state index in [4.69, 9.17) is 9.47 Å². The summed E-state index contributed by atoms with van der Waals surface area (Å²) in [5.41, 5.74) is -0.163. The predicted molar refractivity (Wildman–Crippen MR) is 74.4 cm³/mol. The molecular formula is C15H14O6. The number of methoxy groups -OCH3 is 2. The van der Waals surface area contributed by atoms with Crippen molar-refractivity contribution in [3.63, 3.8) is 0 Å². The van der Waals surface area contributed by atoms with Crippen molar-refractivity contribution in [2.75, 3.05) is 14.2 Å². The van der Waals surface area contributed by atoms with Crippen LogP contribution >= 0.6 is 0 Å². The summed E-state index contributed by atoms with van der Waals surface area (Å²) in [6.45, 7) is 0. The number of carbonyl (C=O) groups is 1. The summed E-state index contributed by atoms with van der Waals surface area (Å²) in [6, 6.07) is 6.82. The summed E-state index contributed by atoms with van der Waals surface area (Å²) in [4.78, 5) is 12.3. The average molecular weight is 290 g/mol. The van der Waals surface area contributed by atoms with Crippen LogP contribution in [0.2, 0.25) is 0 Å². The first-order valence-corrected chi connectivity index (χ1v) is 6.00. The van der Waals surface area contributed by atoms with E-state index >= 15 is 0 Å². The van der Waals surface area contributed by atoms with Gasteiger partial charge in [-0.15, -0.1) is 0 Å². The Morgan fingerprint density at radius 2 is 1.57 bits per heavy atom. The van der Waals surface area contributed by atoms with Crippen molar-refractivity contribution >= 4 is 5.78 Å². The average Bonchev–Trinajstić information content (AvgIpc) is 2.49. The molecule has 0 saturated carbocycles. The number of phenolic OH excluding ortho intramolecular Hbond substituents is 3. The second-order valence-corrected chi connectivity index (χ2v) is 4.22. The van der Waals surface area contributed by atoms with Gasteiger partial charge in [0, 0.05) is 6.07 Å². The maximum atomic E-state index is 12.3. The zero-order valence-electron chi connectivity index (χ0n) is 11.5. The largest absolute Gasteiger partial charge is 0.507 e. The molecule has 0 heterocycles. The molecule has 0 atom stereocenters. The molecule has 21 heavy (non-hydrogen) atoms. The minimum Gasteiger partial charge on any atom is -0.507 e. The van der Waals surface area contributed by atoms with E-state index in [0.29, 0.717) is 5.75 Å². The first kappa shape index (κ1) is 14.5. The lowest BCUT2D eigenvalue weighted by molar-refractivity contribution is 0.103. The zero-order valence-corrected chi connectivity index (χ0v) is 11.5. The fraction of sp³-hybridized carbons (Fsp3) is 0.133. The van der Waals surface area contributed by atoms with E-state index in [0.717, 1.165) is 0 Å². The molecule has 0 aliphatic heterocycles. The summed E-state index contributed by atoms with van der Waals surface area (Å²) >= 11 is 0. The number of hydrogen-bond donors (Lipinski definition) is 3. The number of carbonyl (C=O) groups excluding carboxylic acids is 1. The Morgan fingerprint density at radius 3 is 2.14 bits per heavy atom. The van der Waals surface area contributed by atoms with Crippen LogP contribution in [-0.2, 0) is 0 Å². The maximum Gasteiger partial charge on any atom is 0.201 e.